The van der Waals surface area contributed by atoms with Crippen molar-refractivity contribution in [1.29, 1.82) is 0 Å². The molecular formula is C13H19F3N2O. The molecular weight excluding hydrogens is 257 g/mol. The Bertz CT molecular complexity index is 399. The van der Waals surface area contributed by atoms with E-state index in [1.165, 1.54) is 6.07 Å². The summed E-state index contributed by atoms with van der Waals surface area (Å²) < 4.78 is 37.0. The van der Waals surface area contributed by atoms with Crippen molar-refractivity contribution in [2.45, 2.75) is 39.0 Å². The van der Waals surface area contributed by atoms with Gasteiger partial charge in [0.2, 0.25) is 0 Å². The minimum absolute atomic E-state index is 0.240. The smallest absolute Gasteiger partial charge is 0.388 e. The van der Waals surface area contributed by atoms with Gasteiger partial charge in [0.05, 0.1) is 11.2 Å². The minimum atomic E-state index is -4.38. The maximum Gasteiger partial charge on any atom is 0.417 e. The molecule has 0 radical (unpaired) electrons. The summed E-state index contributed by atoms with van der Waals surface area (Å²) in [4.78, 5) is 3.69. The second kappa shape index (κ2) is 5.77. The van der Waals surface area contributed by atoms with Crippen molar-refractivity contribution in [2.24, 2.45) is 5.92 Å². The van der Waals surface area contributed by atoms with Crippen LogP contribution in [0, 0.1) is 5.92 Å². The molecule has 0 saturated carbocycles. The molecule has 3 nitrogen and oxygen atoms in total. The molecule has 0 amide bonds. The normalized spacial score (nSPS) is 15.4. The highest BCUT2D eigenvalue weighted by Crippen LogP contribution is 2.29. The third kappa shape index (κ3) is 5.46. The monoisotopic (exact) mass is 276 g/mol. The van der Waals surface area contributed by atoms with Crippen molar-refractivity contribution in [3.63, 3.8) is 0 Å². The Morgan fingerprint density at radius 3 is 2.37 bits per heavy atom. The summed E-state index contributed by atoms with van der Waals surface area (Å²) >= 11 is 0. The van der Waals surface area contributed by atoms with Gasteiger partial charge >= 0.3 is 6.18 Å². The van der Waals surface area contributed by atoms with Crippen LogP contribution in [0.1, 0.15) is 32.8 Å². The molecule has 1 rings (SSSR count). The van der Waals surface area contributed by atoms with E-state index in [-0.39, 0.29) is 6.54 Å². The van der Waals surface area contributed by atoms with Crippen molar-refractivity contribution in [2.75, 3.05) is 11.9 Å². The number of alkyl halides is 3. The molecule has 0 aliphatic rings. The van der Waals surface area contributed by atoms with Crippen molar-refractivity contribution >= 4 is 5.82 Å². The van der Waals surface area contributed by atoms with Crippen LogP contribution >= 0.6 is 0 Å². The first-order valence-corrected chi connectivity index (χ1v) is 6.10. The van der Waals surface area contributed by atoms with Crippen LogP contribution in [0.2, 0.25) is 0 Å². The van der Waals surface area contributed by atoms with E-state index < -0.39 is 17.3 Å². The number of aromatic nitrogens is 1. The van der Waals surface area contributed by atoms with Crippen LogP contribution < -0.4 is 5.32 Å². The zero-order valence-corrected chi connectivity index (χ0v) is 11.3. The van der Waals surface area contributed by atoms with Crippen LogP contribution in [-0.4, -0.2) is 22.2 Å². The van der Waals surface area contributed by atoms with Gasteiger partial charge in [0, 0.05) is 12.7 Å². The van der Waals surface area contributed by atoms with E-state index in [1.807, 2.05) is 13.8 Å². The Hall–Kier alpha value is -1.30. The number of anilines is 1. The summed E-state index contributed by atoms with van der Waals surface area (Å²) in [5, 5.41) is 12.9. The lowest BCUT2D eigenvalue weighted by Gasteiger charge is -2.25. The maximum absolute atomic E-state index is 12.3. The quantitative estimate of drug-likeness (QED) is 0.867. The molecule has 1 aromatic heterocycles. The molecule has 0 fully saturated rings. The van der Waals surface area contributed by atoms with Crippen molar-refractivity contribution in [3.8, 4) is 0 Å². The molecule has 0 aliphatic heterocycles. The zero-order valence-electron chi connectivity index (χ0n) is 11.3. The molecule has 2 N–H and O–H groups in total. The van der Waals surface area contributed by atoms with Crippen LogP contribution in [-0.2, 0) is 6.18 Å². The summed E-state index contributed by atoms with van der Waals surface area (Å²) in [5.74, 6) is 0.648. The Balaban J connectivity index is 2.59. The minimum Gasteiger partial charge on any atom is -0.388 e. The summed E-state index contributed by atoms with van der Waals surface area (Å²) in [6, 6.07) is 2.22. The highest BCUT2D eigenvalue weighted by molar-refractivity contribution is 5.36. The van der Waals surface area contributed by atoms with Gasteiger partial charge in [0.15, 0.2) is 0 Å². The molecule has 1 unspecified atom stereocenters. The lowest BCUT2D eigenvalue weighted by Crippen LogP contribution is -2.35. The van der Waals surface area contributed by atoms with Gasteiger partial charge in [-0.15, -0.1) is 0 Å². The van der Waals surface area contributed by atoms with Gasteiger partial charge in [-0.1, -0.05) is 13.8 Å². The second-order valence-corrected chi connectivity index (χ2v) is 5.38. The lowest BCUT2D eigenvalue weighted by molar-refractivity contribution is -0.137. The van der Waals surface area contributed by atoms with Gasteiger partial charge < -0.3 is 10.4 Å². The van der Waals surface area contributed by atoms with Gasteiger partial charge in [-0.05, 0) is 31.4 Å². The number of nitrogens with one attached hydrogen (secondary N) is 1. The first-order chi connectivity index (χ1) is 8.60. The summed E-state index contributed by atoms with van der Waals surface area (Å²) in [6.45, 7) is 5.91. The third-order valence-corrected chi connectivity index (χ3v) is 2.59. The lowest BCUT2D eigenvalue weighted by atomic mass is 9.94. The maximum atomic E-state index is 12.3. The van der Waals surface area contributed by atoms with Gasteiger partial charge in [-0.25, -0.2) is 4.98 Å². The summed E-state index contributed by atoms with van der Waals surface area (Å²) in [7, 11) is 0. The second-order valence-electron chi connectivity index (χ2n) is 5.38. The molecule has 0 aliphatic carbocycles. The molecule has 19 heavy (non-hydrogen) atoms. The Labute approximate surface area is 110 Å². The molecule has 1 aromatic rings. The first-order valence-electron chi connectivity index (χ1n) is 6.10. The van der Waals surface area contributed by atoms with E-state index in [0.717, 1.165) is 12.3 Å². The van der Waals surface area contributed by atoms with Crippen LogP contribution in [0.4, 0.5) is 19.0 Å². The number of nitrogens with zero attached hydrogens (tertiary/aromatic N) is 1. The Kier molecular flexibility index (Phi) is 4.79. The standard InChI is InChI=1S/C13H19F3N2O/c1-9(2)6-12(3,19)8-18-11-5-4-10(7-17-11)13(14,15)16/h4-5,7,9,19H,6,8H2,1-3H3,(H,17,18). The summed E-state index contributed by atoms with van der Waals surface area (Å²) in [5.41, 5.74) is -1.70. The molecule has 1 heterocycles. The fourth-order valence-electron chi connectivity index (χ4n) is 1.90. The van der Waals surface area contributed by atoms with Crippen LogP contribution in [0.5, 0.6) is 0 Å². The number of hydrogen-bond donors (Lipinski definition) is 2. The molecule has 1 atom stereocenters. The van der Waals surface area contributed by atoms with E-state index in [0.29, 0.717) is 18.2 Å². The predicted octanol–water partition coefficient (Wildman–Crippen LogP) is 3.31. The number of rotatable bonds is 5. The van der Waals surface area contributed by atoms with E-state index in [4.69, 9.17) is 0 Å². The molecule has 108 valence electrons. The van der Waals surface area contributed by atoms with Crippen molar-refractivity contribution < 1.29 is 18.3 Å². The average molecular weight is 276 g/mol. The van der Waals surface area contributed by atoms with Gasteiger partial charge in [-0.2, -0.15) is 13.2 Å². The molecule has 0 bridgehead atoms. The van der Waals surface area contributed by atoms with Crippen molar-refractivity contribution in [1.82, 2.24) is 4.98 Å². The average Bonchev–Trinajstić information content (AvgIpc) is 2.24. The SMILES string of the molecule is CC(C)CC(C)(O)CNc1ccc(C(F)(F)F)cn1. The van der Waals surface area contributed by atoms with Gasteiger partial charge in [0.1, 0.15) is 5.82 Å². The fraction of sp³-hybridized carbons (Fsp3) is 0.615. The number of aliphatic hydroxyl groups is 1. The highest BCUT2D eigenvalue weighted by atomic mass is 19.4. The molecule has 0 saturated heterocycles. The zero-order chi connectivity index (χ0) is 14.7. The largest absolute Gasteiger partial charge is 0.417 e. The Morgan fingerprint density at radius 1 is 1.32 bits per heavy atom. The Morgan fingerprint density at radius 2 is 1.95 bits per heavy atom. The van der Waals surface area contributed by atoms with Crippen LogP contribution in [0.25, 0.3) is 0 Å². The van der Waals surface area contributed by atoms with Crippen LogP contribution in [0.3, 0.4) is 0 Å². The van der Waals surface area contributed by atoms with Gasteiger partial charge in [-0.3, -0.25) is 0 Å². The summed E-state index contributed by atoms with van der Waals surface area (Å²) in [6.07, 6.45) is -3.01. The fourth-order valence-corrected chi connectivity index (χ4v) is 1.90. The van der Waals surface area contributed by atoms with Crippen LogP contribution in [0.15, 0.2) is 18.3 Å². The van der Waals surface area contributed by atoms with E-state index in [1.54, 1.807) is 6.92 Å². The number of halogens is 3. The number of hydrogen-bond acceptors (Lipinski definition) is 3. The van der Waals surface area contributed by atoms with Gasteiger partial charge in [0.25, 0.3) is 0 Å². The van der Waals surface area contributed by atoms with E-state index in [2.05, 4.69) is 10.3 Å². The molecule has 0 aromatic carbocycles. The third-order valence-electron chi connectivity index (χ3n) is 2.59. The van der Waals surface area contributed by atoms with Crippen molar-refractivity contribution in [3.05, 3.63) is 23.9 Å². The number of pyridine rings is 1. The first kappa shape index (κ1) is 15.8. The predicted molar refractivity (Wildman–Crippen MR) is 67.8 cm³/mol. The van der Waals surface area contributed by atoms with E-state index >= 15 is 0 Å². The topological polar surface area (TPSA) is 45.1 Å². The molecule has 6 heteroatoms. The van der Waals surface area contributed by atoms with E-state index in [9.17, 15) is 18.3 Å². The highest BCUT2D eigenvalue weighted by Gasteiger charge is 2.30. The molecule has 0 spiro atoms.